The van der Waals surface area contributed by atoms with Crippen LogP contribution < -0.4 is 16.0 Å². The minimum Gasteiger partial charge on any atom is -0.389 e. The van der Waals surface area contributed by atoms with Gasteiger partial charge >= 0.3 is 0 Å². The Morgan fingerprint density at radius 3 is 2.39 bits per heavy atom. The number of β-amino-alcohol motifs (C(OH)–C–C–N with tert-alkyl or cyclic N) is 1. The summed E-state index contributed by atoms with van der Waals surface area (Å²) >= 11 is 1.69. The fraction of sp³-hybridized carbons (Fsp3) is 0.425. The maximum Gasteiger partial charge on any atom is 0.270 e. The highest BCUT2D eigenvalue weighted by Crippen LogP contribution is 2.30. The number of hydrogen-bond acceptors (Lipinski definition) is 8. The lowest BCUT2D eigenvalue weighted by Crippen LogP contribution is -2.61. The van der Waals surface area contributed by atoms with Crippen molar-refractivity contribution in [3.63, 3.8) is 0 Å². The smallest absolute Gasteiger partial charge is 0.270 e. The Morgan fingerprint density at radius 1 is 0.961 bits per heavy atom. The molecule has 10 nitrogen and oxygen atoms in total. The predicted octanol–water partition coefficient (Wildman–Crippen LogP) is 5.01. The standard InChI is InChI=1S/C40H50N6O4S/c1-26(2)36(45-37(48)31-19-18-28-15-9-10-16-30(28)43-31)38(49)44-32(23-27-13-7-6-8-14-27)34(47)25-46(40(3,4)5)39(50)33-24-29(20-22-41-33)51-35-17-11-12-21-42-35/h6-19,21,26,29,32-34,36,41,47H,20,22-25H2,1-5H3,(H,44,49)(H,45,48)/t29-,32+,33?,34-,36+/m1/s1. The van der Waals surface area contributed by atoms with E-state index in [0.717, 1.165) is 22.4 Å². The van der Waals surface area contributed by atoms with Crippen LogP contribution in [0.4, 0.5) is 0 Å². The van der Waals surface area contributed by atoms with E-state index in [2.05, 4.69) is 25.9 Å². The van der Waals surface area contributed by atoms with Gasteiger partial charge in [0.05, 0.1) is 28.7 Å². The SMILES string of the molecule is CC(C)[C@H](NC(=O)c1ccc2ccccc2n1)C(=O)N[C@@H](Cc1ccccc1)[C@H](O)CN(C(=O)C1C[C@H](Sc2ccccn2)CCN1)C(C)(C)C. The fourth-order valence-electron chi connectivity index (χ4n) is 6.33. The second kappa shape index (κ2) is 17.3. The first-order valence-corrected chi connectivity index (χ1v) is 18.6. The third kappa shape index (κ3) is 10.4. The predicted molar refractivity (Wildman–Crippen MR) is 202 cm³/mol. The van der Waals surface area contributed by atoms with Crippen molar-refractivity contribution in [2.75, 3.05) is 13.1 Å². The molecule has 0 spiro atoms. The number of thioether (sulfide) groups is 1. The summed E-state index contributed by atoms with van der Waals surface area (Å²) in [6.45, 7) is 10.3. The summed E-state index contributed by atoms with van der Waals surface area (Å²) in [6, 6.07) is 24.4. The van der Waals surface area contributed by atoms with Gasteiger partial charge in [0.1, 0.15) is 11.7 Å². The van der Waals surface area contributed by atoms with Crippen molar-refractivity contribution in [1.29, 1.82) is 0 Å². The molecule has 2 aromatic carbocycles. The van der Waals surface area contributed by atoms with Gasteiger partial charge in [-0.3, -0.25) is 14.4 Å². The van der Waals surface area contributed by atoms with Crippen LogP contribution in [0.1, 0.15) is 63.5 Å². The Morgan fingerprint density at radius 2 is 1.69 bits per heavy atom. The fourth-order valence-corrected chi connectivity index (χ4v) is 7.47. The van der Waals surface area contributed by atoms with Gasteiger partial charge in [0.2, 0.25) is 11.8 Å². The van der Waals surface area contributed by atoms with Crippen molar-refractivity contribution in [2.24, 2.45) is 5.92 Å². The van der Waals surface area contributed by atoms with E-state index >= 15 is 0 Å². The Bertz CT molecular complexity index is 1770. The first-order chi connectivity index (χ1) is 24.4. The number of para-hydroxylation sites is 1. The minimum atomic E-state index is -1.11. The molecule has 4 N–H and O–H groups in total. The summed E-state index contributed by atoms with van der Waals surface area (Å²) < 4.78 is 0. The molecule has 1 aliphatic heterocycles. The second-order valence-electron chi connectivity index (χ2n) is 14.5. The molecule has 2 aromatic heterocycles. The first-order valence-electron chi connectivity index (χ1n) is 17.7. The topological polar surface area (TPSA) is 137 Å². The molecule has 0 saturated carbocycles. The molecule has 1 fully saturated rings. The average molecular weight is 711 g/mol. The number of carbonyl (C=O) groups is 3. The largest absolute Gasteiger partial charge is 0.389 e. The Labute approximate surface area is 305 Å². The van der Waals surface area contributed by atoms with Crippen molar-refractivity contribution in [2.45, 2.75) is 93.9 Å². The maximum absolute atomic E-state index is 14.2. The van der Waals surface area contributed by atoms with Crippen molar-refractivity contribution >= 4 is 40.4 Å². The normalized spacial score (nSPS) is 18.1. The number of nitrogens with zero attached hydrogens (tertiary/aromatic N) is 3. The van der Waals surface area contributed by atoms with Gasteiger partial charge in [0.15, 0.2) is 0 Å². The summed E-state index contributed by atoms with van der Waals surface area (Å²) in [5.74, 6) is -1.23. The Balaban J connectivity index is 1.32. The van der Waals surface area contributed by atoms with Crippen LogP contribution in [-0.4, -0.2) is 85.8 Å². The van der Waals surface area contributed by atoms with Gasteiger partial charge in [-0.25, -0.2) is 9.97 Å². The number of rotatable bonds is 13. The summed E-state index contributed by atoms with van der Waals surface area (Å²) in [7, 11) is 0. The van der Waals surface area contributed by atoms with Crippen LogP contribution in [0.25, 0.3) is 10.9 Å². The maximum atomic E-state index is 14.2. The van der Waals surface area contributed by atoms with E-state index in [1.54, 1.807) is 28.9 Å². The van der Waals surface area contributed by atoms with Crippen LogP contribution in [0.15, 0.2) is 96.2 Å². The highest BCUT2D eigenvalue weighted by molar-refractivity contribution is 7.99. The van der Waals surface area contributed by atoms with Crippen LogP contribution in [0.2, 0.25) is 0 Å². The average Bonchev–Trinajstić information content (AvgIpc) is 3.12. The van der Waals surface area contributed by atoms with Crippen LogP contribution in [0.5, 0.6) is 0 Å². The summed E-state index contributed by atoms with van der Waals surface area (Å²) in [6.07, 6.45) is 2.55. The molecule has 1 aliphatic rings. The van der Waals surface area contributed by atoms with Gasteiger partial charge < -0.3 is 26.0 Å². The van der Waals surface area contributed by atoms with Crippen LogP contribution in [0.3, 0.4) is 0 Å². The van der Waals surface area contributed by atoms with Gasteiger partial charge in [-0.1, -0.05) is 74.5 Å². The Kier molecular flexibility index (Phi) is 12.8. The number of aliphatic hydroxyl groups excluding tert-OH is 1. The number of hydrogen-bond donors (Lipinski definition) is 4. The number of benzene rings is 2. The molecular formula is C40H50N6O4S. The molecule has 0 bridgehead atoms. The molecule has 11 heteroatoms. The van der Waals surface area contributed by atoms with Crippen LogP contribution in [-0.2, 0) is 16.0 Å². The van der Waals surface area contributed by atoms with Crippen molar-refractivity contribution in [3.8, 4) is 0 Å². The van der Waals surface area contributed by atoms with E-state index in [1.807, 2.05) is 113 Å². The zero-order valence-corrected chi connectivity index (χ0v) is 30.9. The number of aromatic nitrogens is 2. The van der Waals surface area contributed by atoms with Gasteiger partial charge in [0.25, 0.3) is 5.91 Å². The molecule has 1 saturated heterocycles. The molecule has 3 heterocycles. The third-order valence-corrected chi connectivity index (χ3v) is 10.4. The minimum absolute atomic E-state index is 0.00998. The molecule has 5 atom stereocenters. The molecule has 270 valence electrons. The number of piperidine rings is 1. The molecule has 3 amide bonds. The van der Waals surface area contributed by atoms with Gasteiger partial charge in [-0.2, -0.15) is 0 Å². The molecule has 0 aliphatic carbocycles. The highest BCUT2D eigenvalue weighted by Gasteiger charge is 2.38. The van der Waals surface area contributed by atoms with E-state index in [0.29, 0.717) is 24.9 Å². The van der Waals surface area contributed by atoms with E-state index < -0.39 is 41.6 Å². The van der Waals surface area contributed by atoms with Crippen LogP contribution in [0, 0.1) is 5.92 Å². The number of nitrogens with one attached hydrogen (secondary N) is 3. The van der Waals surface area contributed by atoms with Crippen molar-refractivity contribution in [1.82, 2.24) is 30.8 Å². The Hall–Kier alpha value is -4.32. The summed E-state index contributed by atoms with van der Waals surface area (Å²) in [4.78, 5) is 52.2. The molecule has 4 aromatic rings. The molecular weight excluding hydrogens is 661 g/mol. The van der Waals surface area contributed by atoms with E-state index in [1.165, 1.54) is 0 Å². The quantitative estimate of drug-likeness (QED) is 0.152. The van der Waals surface area contributed by atoms with Crippen molar-refractivity contribution < 1.29 is 19.5 Å². The first kappa shape index (κ1) is 37.9. The zero-order valence-electron chi connectivity index (χ0n) is 30.1. The summed E-state index contributed by atoms with van der Waals surface area (Å²) in [5.41, 5.74) is 1.21. The van der Waals surface area contributed by atoms with Gasteiger partial charge in [-0.05, 0) is 82.3 Å². The van der Waals surface area contributed by atoms with Gasteiger partial charge in [0, 0.05) is 28.9 Å². The number of pyridine rings is 2. The van der Waals surface area contributed by atoms with Crippen molar-refractivity contribution in [3.05, 3.63) is 102 Å². The third-order valence-electron chi connectivity index (χ3n) is 9.18. The van der Waals surface area contributed by atoms with E-state index in [9.17, 15) is 19.5 Å². The van der Waals surface area contributed by atoms with Crippen LogP contribution >= 0.6 is 11.8 Å². The van der Waals surface area contributed by atoms with E-state index in [4.69, 9.17) is 0 Å². The lowest BCUT2D eigenvalue weighted by atomic mass is 9.95. The summed E-state index contributed by atoms with van der Waals surface area (Å²) in [5, 5.41) is 23.3. The molecule has 5 rings (SSSR count). The van der Waals surface area contributed by atoms with E-state index in [-0.39, 0.29) is 29.3 Å². The second-order valence-corrected chi connectivity index (χ2v) is 15.8. The lowest BCUT2D eigenvalue weighted by Gasteiger charge is -2.42. The lowest BCUT2D eigenvalue weighted by molar-refractivity contribution is -0.141. The number of aliphatic hydroxyl groups is 1. The number of amides is 3. The number of fused-ring (bicyclic) bond motifs is 1. The molecule has 0 radical (unpaired) electrons. The number of carbonyl (C=O) groups excluding carboxylic acids is 3. The molecule has 51 heavy (non-hydrogen) atoms. The van der Waals surface area contributed by atoms with Gasteiger partial charge in [-0.15, -0.1) is 11.8 Å². The highest BCUT2D eigenvalue weighted by atomic mass is 32.2. The zero-order chi connectivity index (χ0) is 36.5. The monoisotopic (exact) mass is 710 g/mol. The molecule has 1 unspecified atom stereocenters.